The first-order valence-corrected chi connectivity index (χ1v) is 11.7. The van der Waals surface area contributed by atoms with Crippen molar-refractivity contribution in [2.45, 2.75) is 12.5 Å². The molecule has 2 aromatic carbocycles. The van der Waals surface area contributed by atoms with Gasteiger partial charge in [0, 0.05) is 37.3 Å². The molecule has 1 aliphatic heterocycles. The van der Waals surface area contributed by atoms with Gasteiger partial charge in [0.25, 0.3) is 0 Å². The molecule has 30 heavy (non-hydrogen) atoms. The van der Waals surface area contributed by atoms with Crippen molar-refractivity contribution in [2.75, 3.05) is 44.2 Å². The summed E-state index contributed by atoms with van der Waals surface area (Å²) >= 11 is 19.7. The number of aliphatic hydroxyl groups excluding tert-OH is 1. The second kappa shape index (κ2) is 9.90. The third kappa shape index (κ3) is 5.49. The summed E-state index contributed by atoms with van der Waals surface area (Å²) in [6, 6.07) is 10.9. The maximum Gasteiger partial charge on any atom is 0.186 e. The molecule has 0 aliphatic carbocycles. The van der Waals surface area contributed by atoms with E-state index in [2.05, 4.69) is 9.80 Å². The fourth-order valence-corrected chi connectivity index (χ4v) is 5.06. The SMILES string of the molecule is OC(COc1ccc(Cl)c(Cl)c1)CN1CCCN(c2nc3ccc(Cl)cc3s2)CC1. The Kier molecular flexibility index (Phi) is 7.24. The van der Waals surface area contributed by atoms with Gasteiger partial charge < -0.3 is 14.7 Å². The molecule has 9 heteroatoms. The Morgan fingerprint density at radius 2 is 1.90 bits per heavy atom. The lowest BCUT2D eigenvalue weighted by atomic mass is 10.3. The molecule has 1 N–H and O–H groups in total. The van der Waals surface area contributed by atoms with Crippen LogP contribution in [-0.2, 0) is 0 Å². The van der Waals surface area contributed by atoms with Crippen LogP contribution in [0, 0.1) is 0 Å². The summed E-state index contributed by atoms with van der Waals surface area (Å²) in [5.74, 6) is 0.599. The van der Waals surface area contributed by atoms with Crippen molar-refractivity contribution in [1.29, 1.82) is 0 Å². The van der Waals surface area contributed by atoms with Crippen molar-refractivity contribution < 1.29 is 9.84 Å². The van der Waals surface area contributed by atoms with Crippen LogP contribution in [0.25, 0.3) is 10.2 Å². The quantitative estimate of drug-likeness (QED) is 0.518. The molecule has 160 valence electrons. The molecule has 0 amide bonds. The van der Waals surface area contributed by atoms with Crippen molar-refractivity contribution >= 4 is 61.5 Å². The van der Waals surface area contributed by atoms with E-state index in [9.17, 15) is 5.11 Å². The first-order valence-electron chi connectivity index (χ1n) is 9.77. The number of thiazole rings is 1. The molecule has 0 spiro atoms. The normalized spacial score (nSPS) is 16.6. The van der Waals surface area contributed by atoms with E-state index in [1.165, 1.54) is 0 Å². The predicted molar refractivity (Wildman–Crippen MR) is 126 cm³/mol. The highest BCUT2D eigenvalue weighted by molar-refractivity contribution is 7.22. The average Bonchev–Trinajstić information content (AvgIpc) is 3.00. The number of β-amino-alcohol motifs (C(OH)–C–C–N with tert-alkyl or cyclic N) is 1. The van der Waals surface area contributed by atoms with Crippen molar-refractivity contribution in [2.24, 2.45) is 0 Å². The number of hydrogen-bond donors (Lipinski definition) is 1. The molecule has 1 unspecified atom stereocenters. The van der Waals surface area contributed by atoms with Crippen LogP contribution in [0.2, 0.25) is 15.1 Å². The van der Waals surface area contributed by atoms with Gasteiger partial charge in [-0.1, -0.05) is 46.1 Å². The number of nitrogens with zero attached hydrogens (tertiary/aromatic N) is 3. The van der Waals surface area contributed by atoms with Crippen LogP contribution in [0.3, 0.4) is 0 Å². The van der Waals surface area contributed by atoms with Gasteiger partial charge in [-0.05, 0) is 43.3 Å². The molecule has 2 heterocycles. The smallest absolute Gasteiger partial charge is 0.186 e. The Bertz CT molecular complexity index is 1020. The van der Waals surface area contributed by atoms with Crippen molar-refractivity contribution in [3.8, 4) is 5.75 Å². The Balaban J connectivity index is 1.29. The van der Waals surface area contributed by atoms with Crippen LogP contribution in [0.1, 0.15) is 6.42 Å². The molecule has 3 aromatic rings. The molecular weight excluding hydrogens is 465 g/mol. The highest BCUT2D eigenvalue weighted by Gasteiger charge is 2.20. The summed E-state index contributed by atoms with van der Waals surface area (Å²) in [6.07, 6.45) is 0.424. The van der Waals surface area contributed by atoms with Gasteiger partial charge in [0.05, 0.1) is 20.3 Å². The van der Waals surface area contributed by atoms with Gasteiger partial charge in [-0.25, -0.2) is 4.98 Å². The Morgan fingerprint density at radius 1 is 1.03 bits per heavy atom. The molecule has 0 bridgehead atoms. The van der Waals surface area contributed by atoms with E-state index in [0.29, 0.717) is 22.3 Å². The molecule has 1 aromatic heterocycles. The zero-order valence-corrected chi connectivity index (χ0v) is 19.3. The molecule has 1 fully saturated rings. The van der Waals surface area contributed by atoms with Gasteiger partial charge in [0.2, 0.25) is 0 Å². The fraction of sp³-hybridized carbons (Fsp3) is 0.381. The summed E-state index contributed by atoms with van der Waals surface area (Å²) in [5, 5.41) is 13.1. The topological polar surface area (TPSA) is 48.8 Å². The predicted octanol–water partition coefficient (Wildman–Crippen LogP) is 5.21. The lowest BCUT2D eigenvalue weighted by Crippen LogP contribution is -2.38. The Labute approximate surface area is 194 Å². The minimum atomic E-state index is -0.587. The van der Waals surface area contributed by atoms with E-state index >= 15 is 0 Å². The van der Waals surface area contributed by atoms with Crippen molar-refractivity contribution in [3.05, 3.63) is 51.5 Å². The van der Waals surface area contributed by atoms with E-state index in [0.717, 1.165) is 53.0 Å². The van der Waals surface area contributed by atoms with E-state index in [-0.39, 0.29) is 6.61 Å². The number of aliphatic hydroxyl groups is 1. The summed E-state index contributed by atoms with van der Waals surface area (Å²) in [5.41, 5.74) is 0.982. The molecule has 1 aliphatic rings. The lowest BCUT2D eigenvalue weighted by Gasteiger charge is -2.24. The number of hydrogen-bond acceptors (Lipinski definition) is 6. The Morgan fingerprint density at radius 3 is 2.73 bits per heavy atom. The highest BCUT2D eigenvalue weighted by Crippen LogP contribution is 2.31. The van der Waals surface area contributed by atoms with Crippen molar-refractivity contribution in [3.63, 3.8) is 0 Å². The minimum absolute atomic E-state index is 0.205. The zero-order chi connectivity index (χ0) is 21.1. The second-order valence-electron chi connectivity index (χ2n) is 7.29. The van der Waals surface area contributed by atoms with Gasteiger partial charge in [0.15, 0.2) is 5.13 Å². The van der Waals surface area contributed by atoms with Gasteiger partial charge in [0.1, 0.15) is 18.5 Å². The summed E-state index contributed by atoms with van der Waals surface area (Å²) < 4.78 is 6.77. The van der Waals surface area contributed by atoms with Crippen LogP contribution < -0.4 is 9.64 Å². The molecule has 1 atom stereocenters. The second-order valence-corrected chi connectivity index (χ2v) is 9.55. The summed E-state index contributed by atoms with van der Waals surface area (Å²) in [6.45, 7) is 4.37. The van der Waals surface area contributed by atoms with Gasteiger partial charge in [-0.15, -0.1) is 0 Å². The molecule has 0 radical (unpaired) electrons. The first-order chi connectivity index (χ1) is 14.5. The van der Waals surface area contributed by atoms with Crippen LogP contribution in [0.15, 0.2) is 36.4 Å². The molecule has 0 saturated carbocycles. The summed E-state index contributed by atoms with van der Waals surface area (Å²) in [4.78, 5) is 9.35. The first kappa shape index (κ1) is 21.9. The van der Waals surface area contributed by atoms with Gasteiger partial charge in [-0.2, -0.15) is 0 Å². The average molecular weight is 487 g/mol. The van der Waals surface area contributed by atoms with E-state index < -0.39 is 6.10 Å². The number of benzene rings is 2. The number of anilines is 1. The van der Waals surface area contributed by atoms with Gasteiger partial charge in [-0.3, -0.25) is 4.90 Å². The monoisotopic (exact) mass is 485 g/mol. The van der Waals surface area contributed by atoms with Crippen LogP contribution in [0.4, 0.5) is 5.13 Å². The fourth-order valence-electron chi connectivity index (χ4n) is 3.48. The number of halogens is 3. The largest absolute Gasteiger partial charge is 0.491 e. The van der Waals surface area contributed by atoms with Crippen LogP contribution >= 0.6 is 46.1 Å². The summed E-state index contributed by atoms with van der Waals surface area (Å²) in [7, 11) is 0. The van der Waals surface area contributed by atoms with Crippen LogP contribution in [-0.4, -0.2) is 60.4 Å². The lowest BCUT2D eigenvalue weighted by molar-refractivity contribution is 0.0705. The maximum atomic E-state index is 10.4. The number of rotatable bonds is 6. The van der Waals surface area contributed by atoms with E-state index in [1.54, 1.807) is 29.5 Å². The standard InChI is InChI=1S/C21H22Cl3N3O2S/c22-14-2-5-19-20(10-14)30-21(25-19)27-7-1-6-26(8-9-27)12-15(28)13-29-16-3-4-17(23)18(24)11-16/h2-5,10-11,15,28H,1,6-9,12-13H2. The molecule has 1 saturated heterocycles. The number of aromatic nitrogens is 1. The third-order valence-electron chi connectivity index (χ3n) is 5.00. The van der Waals surface area contributed by atoms with Crippen LogP contribution in [0.5, 0.6) is 5.75 Å². The molecule has 4 rings (SSSR count). The highest BCUT2D eigenvalue weighted by atomic mass is 35.5. The van der Waals surface area contributed by atoms with E-state index in [1.807, 2.05) is 18.2 Å². The third-order valence-corrected chi connectivity index (χ3v) is 7.05. The Hall–Kier alpha value is -1.28. The van der Waals surface area contributed by atoms with E-state index in [4.69, 9.17) is 44.5 Å². The molecule has 5 nitrogen and oxygen atoms in total. The number of fused-ring (bicyclic) bond motifs is 1. The number of ether oxygens (including phenoxy) is 1. The molecular formula is C21H22Cl3N3O2S. The van der Waals surface area contributed by atoms with Gasteiger partial charge >= 0.3 is 0 Å². The van der Waals surface area contributed by atoms with Crippen molar-refractivity contribution in [1.82, 2.24) is 9.88 Å². The zero-order valence-electron chi connectivity index (χ0n) is 16.2. The minimum Gasteiger partial charge on any atom is -0.491 e. The maximum absolute atomic E-state index is 10.4.